The maximum absolute atomic E-state index is 11.5. The van der Waals surface area contributed by atoms with Crippen LogP contribution in [0.1, 0.15) is 19.3 Å². The van der Waals surface area contributed by atoms with E-state index in [9.17, 15) is 14.4 Å². The number of carbonyl (C=O) groups is 3. The van der Waals surface area contributed by atoms with E-state index in [0.29, 0.717) is 51.2 Å². The first-order valence-electron chi connectivity index (χ1n) is 8.53. The Morgan fingerprint density at radius 3 is 1.89 bits per heavy atom. The average molecular weight is 388 g/mol. The van der Waals surface area contributed by atoms with Gasteiger partial charge in [-0.05, 0) is 5.53 Å². The monoisotopic (exact) mass is 388 g/mol. The number of hydrogen-bond donors (Lipinski definition) is 0. The van der Waals surface area contributed by atoms with E-state index in [1.54, 1.807) is 0 Å². The summed E-state index contributed by atoms with van der Waals surface area (Å²) in [5.41, 5.74) is 8.06. The number of azide groups is 1. The van der Waals surface area contributed by atoms with Gasteiger partial charge in [-0.25, -0.2) is 4.79 Å². The van der Waals surface area contributed by atoms with Crippen LogP contribution in [0, 0.1) is 0 Å². The van der Waals surface area contributed by atoms with Crippen molar-refractivity contribution in [1.29, 1.82) is 0 Å². The van der Waals surface area contributed by atoms with E-state index in [1.165, 1.54) is 0 Å². The van der Waals surface area contributed by atoms with Crippen molar-refractivity contribution in [3.63, 3.8) is 0 Å². The molecule has 0 unspecified atom stereocenters. The minimum absolute atomic E-state index is 0.0636. The van der Waals surface area contributed by atoms with Gasteiger partial charge in [-0.3, -0.25) is 9.59 Å². The second-order valence-electron chi connectivity index (χ2n) is 5.20. The third-order valence-corrected chi connectivity index (χ3v) is 3.16. The van der Waals surface area contributed by atoms with Crippen molar-refractivity contribution < 1.29 is 38.2 Å². The van der Waals surface area contributed by atoms with Gasteiger partial charge in [-0.1, -0.05) is 5.11 Å². The standard InChI is InChI=1S/C15H24N4O8/c16-18-17-4-6-24-8-10-26-12-11-25-9-7-23-5-3-15(22)27-19-13(20)1-2-14(19)21/h1-12H2. The van der Waals surface area contributed by atoms with Crippen molar-refractivity contribution in [2.45, 2.75) is 19.3 Å². The molecule has 12 heteroatoms. The molecule has 1 fully saturated rings. The Kier molecular flexibility index (Phi) is 12.6. The van der Waals surface area contributed by atoms with Gasteiger partial charge in [0.25, 0.3) is 11.8 Å². The summed E-state index contributed by atoms with van der Waals surface area (Å²) in [4.78, 5) is 41.4. The van der Waals surface area contributed by atoms with E-state index in [0.717, 1.165) is 0 Å². The molecule has 0 bridgehead atoms. The van der Waals surface area contributed by atoms with Crippen LogP contribution >= 0.6 is 0 Å². The molecule has 0 N–H and O–H groups in total. The van der Waals surface area contributed by atoms with Crippen LogP contribution in [0.3, 0.4) is 0 Å². The fraction of sp³-hybridized carbons (Fsp3) is 0.800. The Hall–Kier alpha value is -2.24. The molecule has 12 nitrogen and oxygen atoms in total. The normalized spacial score (nSPS) is 13.7. The zero-order valence-corrected chi connectivity index (χ0v) is 15.0. The second-order valence-corrected chi connectivity index (χ2v) is 5.20. The summed E-state index contributed by atoms with van der Waals surface area (Å²) in [5, 5.41) is 3.84. The molecule has 0 saturated carbocycles. The van der Waals surface area contributed by atoms with Crippen LogP contribution in [0.4, 0.5) is 0 Å². The Bertz CT molecular complexity index is 508. The summed E-state index contributed by atoms with van der Waals surface area (Å²) in [5.74, 6) is -1.72. The Morgan fingerprint density at radius 2 is 1.37 bits per heavy atom. The Balaban J connectivity index is 1.82. The highest BCUT2D eigenvalue weighted by Crippen LogP contribution is 2.12. The van der Waals surface area contributed by atoms with E-state index in [2.05, 4.69) is 10.0 Å². The van der Waals surface area contributed by atoms with Crippen molar-refractivity contribution in [3.05, 3.63) is 10.4 Å². The molecule has 152 valence electrons. The summed E-state index contributed by atoms with van der Waals surface area (Å²) in [6.45, 7) is 3.01. The van der Waals surface area contributed by atoms with E-state index < -0.39 is 17.8 Å². The summed E-state index contributed by atoms with van der Waals surface area (Å²) in [7, 11) is 0. The SMILES string of the molecule is [N-]=[N+]=NCCOCCOCCOCCOCCC(=O)ON1C(=O)CCC1=O. The first kappa shape index (κ1) is 22.8. The molecule has 27 heavy (non-hydrogen) atoms. The molecule has 0 aromatic carbocycles. The van der Waals surface area contributed by atoms with Gasteiger partial charge in [0.05, 0.1) is 59.3 Å². The number of nitrogens with zero attached hydrogens (tertiary/aromatic N) is 4. The second kappa shape index (κ2) is 14.9. The van der Waals surface area contributed by atoms with Gasteiger partial charge in [0.1, 0.15) is 0 Å². The van der Waals surface area contributed by atoms with Gasteiger partial charge in [-0.2, -0.15) is 0 Å². The highest BCUT2D eigenvalue weighted by Gasteiger charge is 2.32. The molecule has 2 amide bonds. The minimum atomic E-state index is -0.699. The largest absolute Gasteiger partial charge is 0.379 e. The fourth-order valence-corrected chi connectivity index (χ4v) is 1.87. The number of rotatable bonds is 16. The summed E-state index contributed by atoms with van der Waals surface area (Å²) in [6.07, 6.45) is 0.0576. The lowest BCUT2D eigenvalue weighted by molar-refractivity contribution is -0.198. The first-order chi connectivity index (χ1) is 13.1. The number of carbonyl (C=O) groups excluding carboxylic acids is 3. The predicted molar refractivity (Wildman–Crippen MR) is 89.1 cm³/mol. The first-order valence-corrected chi connectivity index (χ1v) is 8.53. The zero-order valence-electron chi connectivity index (χ0n) is 15.0. The lowest BCUT2D eigenvalue weighted by atomic mass is 10.4. The molecule has 0 aliphatic carbocycles. The highest BCUT2D eigenvalue weighted by molar-refractivity contribution is 6.01. The summed E-state index contributed by atoms with van der Waals surface area (Å²) in [6, 6.07) is 0. The molecule has 0 aromatic rings. The Labute approximate surface area is 156 Å². The molecular formula is C15H24N4O8. The number of hydrogen-bond acceptors (Lipinski definition) is 9. The molecule has 1 rings (SSSR count). The molecular weight excluding hydrogens is 364 g/mol. The van der Waals surface area contributed by atoms with Crippen molar-refractivity contribution in [2.24, 2.45) is 5.11 Å². The van der Waals surface area contributed by atoms with Crippen LogP contribution < -0.4 is 0 Å². The zero-order chi connectivity index (χ0) is 19.7. The molecule has 1 aliphatic rings. The van der Waals surface area contributed by atoms with E-state index in [1.807, 2.05) is 0 Å². The van der Waals surface area contributed by atoms with Crippen molar-refractivity contribution in [3.8, 4) is 0 Å². The lowest BCUT2D eigenvalue weighted by Crippen LogP contribution is -2.32. The average Bonchev–Trinajstić information content (AvgIpc) is 2.97. The number of hydroxylamine groups is 2. The van der Waals surface area contributed by atoms with Crippen molar-refractivity contribution in [2.75, 3.05) is 59.4 Å². The third kappa shape index (κ3) is 11.2. The smallest absolute Gasteiger partial charge is 0.335 e. The van der Waals surface area contributed by atoms with Crippen molar-refractivity contribution in [1.82, 2.24) is 5.06 Å². The fourth-order valence-electron chi connectivity index (χ4n) is 1.87. The van der Waals surface area contributed by atoms with Gasteiger partial charge in [-0.15, -0.1) is 5.06 Å². The summed E-state index contributed by atoms with van der Waals surface area (Å²) >= 11 is 0. The van der Waals surface area contributed by atoms with Crippen LogP contribution in [-0.4, -0.2) is 82.2 Å². The molecule has 0 atom stereocenters. The number of imide groups is 1. The molecule has 1 aliphatic heterocycles. The van der Waals surface area contributed by atoms with Gasteiger partial charge in [0.15, 0.2) is 0 Å². The minimum Gasteiger partial charge on any atom is -0.379 e. The maximum Gasteiger partial charge on any atom is 0.335 e. The van der Waals surface area contributed by atoms with Crippen LogP contribution in [0.15, 0.2) is 5.11 Å². The molecule has 0 radical (unpaired) electrons. The highest BCUT2D eigenvalue weighted by atomic mass is 16.7. The van der Waals surface area contributed by atoms with E-state index in [4.69, 9.17) is 29.3 Å². The maximum atomic E-state index is 11.5. The third-order valence-electron chi connectivity index (χ3n) is 3.16. The lowest BCUT2D eigenvalue weighted by Gasteiger charge is -2.12. The molecule has 1 heterocycles. The van der Waals surface area contributed by atoms with Gasteiger partial charge in [0.2, 0.25) is 0 Å². The quantitative estimate of drug-likeness (QED) is 0.121. The van der Waals surface area contributed by atoms with Crippen LogP contribution in [0.5, 0.6) is 0 Å². The topological polar surface area (TPSA) is 149 Å². The Morgan fingerprint density at radius 1 is 0.889 bits per heavy atom. The van der Waals surface area contributed by atoms with Gasteiger partial charge in [0, 0.05) is 24.3 Å². The molecule has 1 saturated heterocycles. The van der Waals surface area contributed by atoms with Crippen LogP contribution in [0.25, 0.3) is 10.4 Å². The van der Waals surface area contributed by atoms with Crippen LogP contribution in [0.2, 0.25) is 0 Å². The molecule has 0 spiro atoms. The number of ether oxygens (including phenoxy) is 4. The van der Waals surface area contributed by atoms with E-state index in [-0.39, 0.29) is 32.5 Å². The van der Waals surface area contributed by atoms with Gasteiger partial charge < -0.3 is 23.8 Å². The van der Waals surface area contributed by atoms with Gasteiger partial charge >= 0.3 is 5.97 Å². The summed E-state index contributed by atoms with van der Waals surface area (Å²) < 4.78 is 20.9. The van der Waals surface area contributed by atoms with Crippen molar-refractivity contribution >= 4 is 17.8 Å². The number of amides is 2. The van der Waals surface area contributed by atoms with Crippen LogP contribution in [-0.2, 0) is 38.2 Å². The van der Waals surface area contributed by atoms with E-state index >= 15 is 0 Å². The predicted octanol–water partition coefficient (Wildman–Crippen LogP) is 0.360. The molecule has 0 aromatic heterocycles.